The first kappa shape index (κ1) is 16.0. The lowest BCUT2D eigenvalue weighted by molar-refractivity contribution is 0.100. The normalized spacial score (nSPS) is 15.1. The van der Waals surface area contributed by atoms with E-state index in [0.29, 0.717) is 17.6 Å². The number of carbonyl (C=O) groups excluding carboxylic acids is 1. The maximum Gasteiger partial charge on any atom is 0.248 e. The molecular weight excluding hydrogens is 304 g/mol. The summed E-state index contributed by atoms with van der Waals surface area (Å²) in [6.07, 6.45) is 3.70. The Labute approximate surface area is 141 Å². The monoisotopic (exact) mass is 326 g/mol. The SMILES string of the molecule is CNc1ccnc(NC2CCN(c3cccc(C(N)=O)c3)CC2)n1. The number of nitrogens with zero attached hydrogens (tertiary/aromatic N) is 3. The third kappa shape index (κ3) is 3.73. The number of piperidine rings is 1. The number of primary amides is 1. The predicted octanol–water partition coefficient (Wildman–Crippen LogP) is 1.70. The van der Waals surface area contributed by atoms with Gasteiger partial charge in [-0.3, -0.25) is 4.79 Å². The second-order valence-corrected chi connectivity index (χ2v) is 5.84. The molecule has 7 nitrogen and oxygen atoms in total. The lowest BCUT2D eigenvalue weighted by atomic mass is 10.0. The fourth-order valence-electron chi connectivity index (χ4n) is 2.89. The molecule has 126 valence electrons. The van der Waals surface area contributed by atoms with Crippen LogP contribution < -0.4 is 21.3 Å². The van der Waals surface area contributed by atoms with Crippen LogP contribution in [0.1, 0.15) is 23.2 Å². The minimum absolute atomic E-state index is 0.340. The Balaban J connectivity index is 1.59. The van der Waals surface area contributed by atoms with Crippen LogP contribution in [0.2, 0.25) is 0 Å². The van der Waals surface area contributed by atoms with Gasteiger partial charge in [0.05, 0.1) is 0 Å². The molecule has 3 rings (SSSR count). The van der Waals surface area contributed by atoms with Gasteiger partial charge >= 0.3 is 0 Å². The Hall–Kier alpha value is -2.83. The summed E-state index contributed by atoms with van der Waals surface area (Å²) >= 11 is 0. The van der Waals surface area contributed by atoms with Gasteiger partial charge in [-0.2, -0.15) is 4.98 Å². The second kappa shape index (κ2) is 7.16. The molecule has 0 bridgehead atoms. The summed E-state index contributed by atoms with van der Waals surface area (Å²) in [4.78, 5) is 22.2. The number of hydrogen-bond donors (Lipinski definition) is 3. The van der Waals surface area contributed by atoms with E-state index < -0.39 is 5.91 Å². The van der Waals surface area contributed by atoms with Crippen LogP contribution in [0.5, 0.6) is 0 Å². The van der Waals surface area contributed by atoms with Crippen LogP contribution in [0.25, 0.3) is 0 Å². The van der Waals surface area contributed by atoms with E-state index in [9.17, 15) is 4.79 Å². The Morgan fingerprint density at radius 3 is 2.79 bits per heavy atom. The Bertz CT molecular complexity index is 712. The smallest absolute Gasteiger partial charge is 0.248 e. The molecule has 2 aromatic rings. The van der Waals surface area contributed by atoms with E-state index in [1.54, 1.807) is 12.3 Å². The number of anilines is 3. The van der Waals surface area contributed by atoms with Crippen LogP contribution in [0.3, 0.4) is 0 Å². The molecule has 1 aromatic heterocycles. The minimum Gasteiger partial charge on any atom is -0.373 e. The first-order valence-electron chi connectivity index (χ1n) is 8.08. The fraction of sp³-hybridized carbons (Fsp3) is 0.353. The summed E-state index contributed by atoms with van der Waals surface area (Å²) in [6.45, 7) is 1.82. The van der Waals surface area contributed by atoms with Crippen LogP contribution in [0.4, 0.5) is 17.5 Å². The van der Waals surface area contributed by atoms with Crippen molar-refractivity contribution in [1.29, 1.82) is 0 Å². The molecule has 7 heteroatoms. The van der Waals surface area contributed by atoms with E-state index in [0.717, 1.165) is 37.4 Å². The van der Waals surface area contributed by atoms with Crippen molar-refractivity contribution < 1.29 is 4.79 Å². The van der Waals surface area contributed by atoms with Gasteiger partial charge in [-0.05, 0) is 37.1 Å². The molecule has 0 aliphatic carbocycles. The average Bonchev–Trinajstić information content (AvgIpc) is 2.62. The number of nitrogens with two attached hydrogens (primary N) is 1. The van der Waals surface area contributed by atoms with Crippen LogP contribution >= 0.6 is 0 Å². The van der Waals surface area contributed by atoms with Gasteiger partial charge in [0.1, 0.15) is 5.82 Å². The number of amides is 1. The van der Waals surface area contributed by atoms with Gasteiger partial charge in [-0.25, -0.2) is 4.98 Å². The van der Waals surface area contributed by atoms with E-state index >= 15 is 0 Å². The number of aromatic nitrogens is 2. The largest absolute Gasteiger partial charge is 0.373 e. The second-order valence-electron chi connectivity index (χ2n) is 5.84. The lowest BCUT2D eigenvalue weighted by Crippen LogP contribution is -2.39. The number of hydrogen-bond acceptors (Lipinski definition) is 6. The summed E-state index contributed by atoms with van der Waals surface area (Å²) in [5.74, 6) is 1.05. The highest BCUT2D eigenvalue weighted by Crippen LogP contribution is 2.22. The standard InChI is InChI=1S/C17H22N6O/c1-19-15-5-8-20-17(22-15)21-13-6-9-23(10-7-13)14-4-2-3-12(11-14)16(18)24/h2-5,8,11,13H,6-7,9-10H2,1H3,(H2,18,24)(H2,19,20,21,22). The summed E-state index contributed by atoms with van der Waals surface area (Å²) < 4.78 is 0. The van der Waals surface area contributed by atoms with Gasteiger partial charge in [0.15, 0.2) is 0 Å². The van der Waals surface area contributed by atoms with Gasteiger partial charge in [0.25, 0.3) is 0 Å². The minimum atomic E-state index is -0.394. The summed E-state index contributed by atoms with van der Waals surface area (Å²) in [6, 6.07) is 9.66. The quantitative estimate of drug-likeness (QED) is 0.774. The molecule has 0 radical (unpaired) electrons. The molecule has 4 N–H and O–H groups in total. The van der Waals surface area contributed by atoms with Crippen molar-refractivity contribution in [2.75, 3.05) is 35.7 Å². The number of rotatable bonds is 5. The lowest BCUT2D eigenvalue weighted by Gasteiger charge is -2.34. The van der Waals surface area contributed by atoms with E-state index in [1.165, 1.54) is 0 Å². The summed E-state index contributed by atoms with van der Waals surface area (Å²) in [5.41, 5.74) is 6.94. The highest BCUT2D eigenvalue weighted by Gasteiger charge is 2.20. The molecule has 1 amide bonds. The molecule has 2 heterocycles. The molecule has 0 saturated carbocycles. The van der Waals surface area contributed by atoms with Crippen molar-refractivity contribution in [1.82, 2.24) is 9.97 Å². The maximum absolute atomic E-state index is 11.3. The molecule has 1 saturated heterocycles. The highest BCUT2D eigenvalue weighted by molar-refractivity contribution is 5.93. The van der Waals surface area contributed by atoms with Gasteiger partial charge in [0, 0.05) is 43.6 Å². The molecule has 24 heavy (non-hydrogen) atoms. The van der Waals surface area contributed by atoms with Crippen LogP contribution in [0.15, 0.2) is 36.5 Å². The summed E-state index contributed by atoms with van der Waals surface area (Å²) in [5, 5.41) is 6.40. The van der Waals surface area contributed by atoms with Crippen LogP contribution in [-0.4, -0.2) is 42.1 Å². The molecule has 1 aliphatic rings. The molecule has 0 spiro atoms. The van der Waals surface area contributed by atoms with Crippen LogP contribution in [0, 0.1) is 0 Å². The van der Waals surface area contributed by atoms with Gasteiger partial charge in [-0.15, -0.1) is 0 Å². The number of benzene rings is 1. The van der Waals surface area contributed by atoms with Crippen molar-refractivity contribution in [3.63, 3.8) is 0 Å². The first-order chi connectivity index (χ1) is 11.7. The Morgan fingerprint density at radius 1 is 1.29 bits per heavy atom. The van der Waals surface area contributed by atoms with E-state index in [1.807, 2.05) is 31.3 Å². The Morgan fingerprint density at radius 2 is 2.08 bits per heavy atom. The molecule has 1 fully saturated rings. The van der Waals surface area contributed by atoms with Gasteiger partial charge in [-0.1, -0.05) is 6.07 Å². The molecule has 0 atom stereocenters. The first-order valence-corrected chi connectivity index (χ1v) is 8.08. The maximum atomic E-state index is 11.3. The van der Waals surface area contributed by atoms with Gasteiger partial charge in [0.2, 0.25) is 11.9 Å². The van der Waals surface area contributed by atoms with Crippen molar-refractivity contribution in [3.8, 4) is 0 Å². The zero-order valence-electron chi connectivity index (χ0n) is 13.7. The molecule has 1 aromatic carbocycles. The zero-order valence-corrected chi connectivity index (χ0v) is 13.7. The molecule has 0 unspecified atom stereocenters. The predicted molar refractivity (Wildman–Crippen MR) is 95.4 cm³/mol. The average molecular weight is 326 g/mol. The van der Waals surface area contributed by atoms with Crippen molar-refractivity contribution in [3.05, 3.63) is 42.1 Å². The third-order valence-electron chi connectivity index (χ3n) is 4.24. The molecule has 1 aliphatic heterocycles. The van der Waals surface area contributed by atoms with Crippen molar-refractivity contribution in [2.24, 2.45) is 5.73 Å². The van der Waals surface area contributed by atoms with E-state index in [4.69, 9.17) is 5.73 Å². The molecular formula is C17H22N6O. The van der Waals surface area contributed by atoms with Crippen molar-refractivity contribution in [2.45, 2.75) is 18.9 Å². The van der Waals surface area contributed by atoms with E-state index in [-0.39, 0.29) is 0 Å². The highest BCUT2D eigenvalue weighted by atomic mass is 16.1. The van der Waals surface area contributed by atoms with Crippen LogP contribution in [-0.2, 0) is 0 Å². The third-order valence-corrected chi connectivity index (χ3v) is 4.24. The van der Waals surface area contributed by atoms with E-state index in [2.05, 4.69) is 25.5 Å². The topological polar surface area (TPSA) is 96.2 Å². The number of nitrogens with one attached hydrogen (secondary N) is 2. The van der Waals surface area contributed by atoms with Crippen molar-refractivity contribution >= 4 is 23.4 Å². The zero-order chi connectivity index (χ0) is 16.9. The number of carbonyl (C=O) groups is 1. The summed E-state index contributed by atoms with van der Waals surface area (Å²) in [7, 11) is 1.84. The fourth-order valence-corrected chi connectivity index (χ4v) is 2.89. The Kier molecular flexibility index (Phi) is 4.79. The van der Waals surface area contributed by atoms with Gasteiger partial charge < -0.3 is 21.3 Å².